The lowest BCUT2D eigenvalue weighted by Gasteiger charge is -2.01. The van der Waals surface area contributed by atoms with Gasteiger partial charge in [-0.25, -0.2) is 0 Å². The number of hydrogen-bond acceptors (Lipinski definition) is 3. The third-order valence-electron chi connectivity index (χ3n) is 1.96. The summed E-state index contributed by atoms with van der Waals surface area (Å²) in [5, 5.41) is 1.95. The summed E-state index contributed by atoms with van der Waals surface area (Å²) in [6.07, 6.45) is 1.69. The predicted molar refractivity (Wildman–Crippen MR) is 71.8 cm³/mol. The molecule has 0 aliphatic rings. The molecule has 0 aliphatic heterocycles. The van der Waals surface area contributed by atoms with Crippen molar-refractivity contribution in [3.8, 4) is 0 Å². The van der Waals surface area contributed by atoms with Gasteiger partial charge in [-0.05, 0) is 23.6 Å². The van der Waals surface area contributed by atoms with Gasteiger partial charge in [-0.3, -0.25) is 13.6 Å². The summed E-state index contributed by atoms with van der Waals surface area (Å²) in [5.74, 6) is 0. The minimum Gasteiger partial charge on any atom is -0.274 e. The van der Waals surface area contributed by atoms with Gasteiger partial charge < -0.3 is 0 Å². The summed E-state index contributed by atoms with van der Waals surface area (Å²) < 4.78 is 24.7. The van der Waals surface area contributed by atoms with E-state index in [1.807, 2.05) is 17.5 Å². The van der Waals surface area contributed by atoms with Crippen LogP contribution in [-0.4, -0.2) is 12.8 Å². The first-order valence-corrected chi connectivity index (χ1v) is 6.63. The fourth-order valence-electron chi connectivity index (χ4n) is 1.26. The molecule has 0 saturated carbocycles. The number of halogens is 2. The third kappa shape index (κ3) is 3.68. The molecule has 2 aromatic rings. The fourth-order valence-corrected chi connectivity index (χ4v) is 2.43. The molecule has 0 radical (unpaired) electrons. The second-order valence-electron chi connectivity index (χ2n) is 3.12. The maximum absolute atomic E-state index is 12.3. The Bertz CT molecular complexity index is 500. The van der Waals surface area contributed by atoms with Crippen LogP contribution < -0.4 is 0 Å². The number of aliphatic imine (C=N–C) groups is 1. The average molecular weight is 267 g/mol. The minimum absolute atomic E-state index is 0.496. The van der Waals surface area contributed by atoms with Crippen LogP contribution in [0, 0.1) is 0 Å². The van der Waals surface area contributed by atoms with Crippen molar-refractivity contribution in [3.05, 3.63) is 46.7 Å². The molecular weight excluding hydrogens is 259 g/mol. The first kappa shape index (κ1) is 12.3. The van der Waals surface area contributed by atoms with Gasteiger partial charge in [0, 0.05) is 16.0 Å². The van der Waals surface area contributed by atoms with E-state index in [-0.39, 0.29) is 0 Å². The Labute approximate surface area is 107 Å². The Morgan fingerprint density at radius 3 is 2.71 bits per heavy atom. The molecule has 0 atom stereocenters. The van der Waals surface area contributed by atoms with Crippen LogP contribution in [-0.2, 0) is 0 Å². The van der Waals surface area contributed by atoms with Gasteiger partial charge >= 0.3 is 6.55 Å². The van der Waals surface area contributed by atoms with E-state index < -0.39 is 6.55 Å². The van der Waals surface area contributed by atoms with Gasteiger partial charge in [0.1, 0.15) is 0 Å². The molecule has 0 bridgehead atoms. The number of thiophene rings is 1. The van der Waals surface area contributed by atoms with E-state index in [0.29, 0.717) is 22.2 Å². The van der Waals surface area contributed by atoms with Crippen molar-refractivity contribution in [2.45, 2.75) is 4.90 Å². The van der Waals surface area contributed by atoms with Crippen molar-refractivity contribution >= 4 is 41.4 Å². The van der Waals surface area contributed by atoms with Crippen LogP contribution >= 0.6 is 22.9 Å². The number of para-hydroxylation sites is 1. The second kappa shape index (κ2) is 5.98. The van der Waals surface area contributed by atoms with Crippen molar-refractivity contribution in [2.75, 3.05) is 0 Å². The standard InChI is InChI=1S/C11H8BF2NS2/c13-12(14)17-11-6-2-1-5-10(11)15-8-9-4-3-7-16-9/h1-8H. The number of nitrogens with zero attached hydrogens (tertiary/aromatic N) is 1. The van der Waals surface area contributed by atoms with Gasteiger partial charge in [0.25, 0.3) is 0 Å². The first-order chi connectivity index (χ1) is 8.25. The molecule has 0 aliphatic carbocycles. The van der Waals surface area contributed by atoms with Gasteiger partial charge in [0.05, 0.1) is 5.69 Å². The van der Waals surface area contributed by atoms with Crippen LogP contribution in [0.4, 0.5) is 14.3 Å². The summed E-state index contributed by atoms with van der Waals surface area (Å²) >= 11 is 2.08. The third-order valence-corrected chi connectivity index (χ3v) is 3.54. The minimum atomic E-state index is -2.42. The van der Waals surface area contributed by atoms with Gasteiger partial charge in [-0.15, -0.1) is 11.3 Å². The summed E-state index contributed by atoms with van der Waals surface area (Å²) in [7, 11) is 0. The van der Waals surface area contributed by atoms with Gasteiger partial charge in [-0.2, -0.15) is 0 Å². The van der Waals surface area contributed by atoms with Crippen LogP contribution in [0.25, 0.3) is 0 Å². The second-order valence-corrected chi connectivity index (χ2v) is 5.13. The van der Waals surface area contributed by atoms with Crippen molar-refractivity contribution in [1.29, 1.82) is 0 Å². The lowest BCUT2D eigenvalue weighted by atomic mass is 10.3. The topological polar surface area (TPSA) is 12.4 Å². The quantitative estimate of drug-likeness (QED) is 0.586. The summed E-state index contributed by atoms with van der Waals surface area (Å²) in [6, 6.07) is 10.8. The van der Waals surface area contributed by atoms with E-state index >= 15 is 0 Å². The zero-order valence-electron chi connectivity index (χ0n) is 8.72. The number of benzene rings is 1. The van der Waals surface area contributed by atoms with Crippen LogP contribution in [0.1, 0.15) is 4.88 Å². The Morgan fingerprint density at radius 2 is 2.00 bits per heavy atom. The highest BCUT2D eigenvalue weighted by Crippen LogP contribution is 2.31. The molecule has 0 fully saturated rings. The monoisotopic (exact) mass is 267 g/mol. The first-order valence-electron chi connectivity index (χ1n) is 4.87. The Balaban J connectivity index is 2.20. The number of hydrogen-bond donors (Lipinski definition) is 0. The van der Waals surface area contributed by atoms with E-state index in [4.69, 9.17) is 0 Å². The highest BCUT2D eigenvalue weighted by Gasteiger charge is 2.16. The van der Waals surface area contributed by atoms with Crippen LogP contribution in [0.5, 0.6) is 0 Å². The van der Waals surface area contributed by atoms with Crippen molar-refractivity contribution < 1.29 is 8.63 Å². The van der Waals surface area contributed by atoms with E-state index in [1.54, 1.807) is 41.8 Å². The Morgan fingerprint density at radius 1 is 1.18 bits per heavy atom. The normalized spacial score (nSPS) is 10.9. The molecule has 6 heteroatoms. The average Bonchev–Trinajstić information content (AvgIpc) is 2.80. The molecule has 0 saturated heterocycles. The van der Waals surface area contributed by atoms with E-state index in [1.165, 1.54) is 0 Å². The maximum Gasteiger partial charge on any atom is 0.614 e. The highest BCUT2D eigenvalue weighted by molar-refractivity contribution is 8.24. The van der Waals surface area contributed by atoms with E-state index in [2.05, 4.69) is 4.99 Å². The van der Waals surface area contributed by atoms with Gasteiger partial charge in [-0.1, -0.05) is 29.8 Å². The molecule has 0 unspecified atom stereocenters. The molecule has 17 heavy (non-hydrogen) atoms. The maximum atomic E-state index is 12.3. The molecule has 0 amide bonds. The molecular formula is C11H8BF2NS2. The lowest BCUT2D eigenvalue weighted by molar-refractivity contribution is 0.700. The molecule has 1 aromatic carbocycles. The number of rotatable bonds is 4. The fraction of sp³-hybridized carbons (Fsp3) is 0. The van der Waals surface area contributed by atoms with Crippen molar-refractivity contribution in [2.24, 2.45) is 4.99 Å². The smallest absolute Gasteiger partial charge is 0.274 e. The van der Waals surface area contributed by atoms with Crippen LogP contribution in [0.15, 0.2) is 51.7 Å². The highest BCUT2D eigenvalue weighted by atomic mass is 32.2. The molecule has 0 N–H and O–H groups in total. The predicted octanol–water partition coefficient (Wildman–Crippen LogP) is 4.51. The Hall–Kier alpha value is -1.14. The zero-order valence-corrected chi connectivity index (χ0v) is 10.3. The largest absolute Gasteiger partial charge is 0.614 e. The lowest BCUT2D eigenvalue weighted by Crippen LogP contribution is -1.88. The van der Waals surface area contributed by atoms with Gasteiger partial charge in [0.15, 0.2) is 0 Å². The molecule has 2 rings (SSSR count). The SMILES string of the molecule is FB(F)Sc1ccccc1N=Cc1cccs1. The molecule has 1 nitrogen and oxygen atoms in total. The van der Waals surface area contributed by atoms with Crippen LogP contribution in [0.2, 0.25) is 0 Å². The molecule has 0 spiro atoms. The molecule has 1 aromatic heterocycles. The Kier molecular flexibility index (Phi) is 4.33. The zero-order chi connectivity index (χ0) is 12.1. The van der Waals surface area contributed by atoms with Crippen LogP contribution in [0.3, 0.4) is 0 Å². The molecule has 86 valence electrons. The van der Waals surface area contributed by atoms with Crippen molar-refractivity contribution in [3.63, 3.8) is 0 Å². The van der Waals surface area contributed by atoms with Gasteiger partial charge in [0.2, 0.25) is 0 Å². The van der Waals surface area contributed by atoms with Crippen molar-refractivity contribution in [1.82, 2.24) is 0 Å². The van der Waals surface area contributed by atoms with E-state index in [9.17, 15) is 8.63 Å². The summed E-state index contributed by atoms with van der Waals surface area (Å²) in [5.41, 5.74) is 0.575. The summed E-state index contributed by atoms with van der Waals surface area (Å²) in [4.78, 5) is 5.73. The summed E-state index contributed by atoms with van der Waals surface area (Å²) in [6.45, 7) is -2.42. The molecule has 1 heterocycles. The van der Waals surface area contributed by atoms with E-state index in [0.717, 1.165) is 4.88 Å².